The summed E-state index contributed by atoms with van der Waals surface area (Å²) < 4.78 is 6.44. The van der Waals surface area contributed by atoms with E-state index in [2.05, 4.69) is 70.9 Å². The first kappa shape index (κ1) is 14.3. The van der Waals surface area contributed by atoms with Crippen molar-refractivity contribution in [2.75, 3.05) is 14.2 Å². The molecule has 0 spiro atoms. The Morgan fingerprint density at radius 2 is 1.37 bits per heavy atom. The average Bonchev–Trinajstić information content (AvgIpc) is 2.42. The van der Waals surface area contributed by atoms with Crippen LogP contribution in [0.4, 0.5) is 0 Å². The highest BCUT2D eigenvalue weighted by Crippen LogP contribution is 2.14. The van der Waals surface area contributed by atoms with Gasteiger partial charge in [-0.1, -0.05) is 24.3 Å². The zero-order chi connectivity index (χ0) is 13.7. The van der Waals surface area contributed by atoms with Crippen LogP contribution in [0.1, 0.15) is 11.1 Å². The van der Waals surface area contributed by atoms with Gasteiger partial charge in [0.1, 0.15) is 5.75 Å². The first-order chi connectivity index (χ1) is 9.17. The minimum absolute atomic E-state index is 0.907. The van der Waals surface area contributed by atoms with Crippen LogP contribution in [0.2, 0.25) is 0 Å². The fraction of sp³-hybridized carbons (Fsp3) is 0.250. The van der Waals surface area contributed by atoms with Crippen molar-refractivity contribution in [2.45, 2.75) is 13.1 Å². The van der Waals surface area contributed by atoms with Gasteiger partial charge in [-0.2, -0.15) is 0 Å². The molecule has 3 heteroatoms. The van der Waals surface area contributed by atoms with Gasteiger partial charge in [0.05, 0.1) is 7.11 Å². The molecule has 0 amide bonds. The van der Waals surface area contributed by atoms with Crippen molar-refractivity contribution < 1.29 is 4.74 Å². The first-order valence-electron chi connectivity index (χ1n) is 6.23. The van der Waals surface area contributed by atoms with Gasteiger partial charge >= 0.3 is 0 Å². The van der Waals surface area contributed by atoms with Crippen LogP contribution in [0.25, 0.3) is 0 Å². The smallest absolute Gasteiger partial charge is 0.118 e. The van der Waals surface area contributed by atoms with Crippen molar-refractivity contribution in [3.63, 3.8) is 0 Å². The maximum absolute atomic E-state index is 5.17. The van der Waals surface area contributed by atoms with Gasteiger partial charge in [0.2, 0.25) is 0 Å². The molecule has 0 aliphatic carbocycles. The Hall–Kier alpha value is -1.07. The molecule has 0 N–H and O–H groups in total. The van der Waals surface area contributed by atoms with E-state index >= 15 is 0 Å². The normalized spacial score (nSPS) is 10.7. The molecule has 0 radical (unpaired) electrons. The summed E-state index contributed by atoms with van der Waals surface area (Å²) in [5.74, 6) is 0.907. The van der Waals surface area contributed by atoms with E-state index in [9.17, 15) is 0 Å². The lowest BCUT2D eigenvalue weighted by molar-refractivity contribution is 0.319. The number of rotatable bonds is 5. The lowest BCUT2D eigenvalue weighted by Crippen LogP contribution is -2.17. The van der Waals surface area contributed by atoms with E-state index in [-0.39, 0.29) is 0 Å². The van der Waals surface area contributed by atoms with Crippen LogP contribution in [-0.2, 0) is 13.1 Å². The fourth-order valence-corrected chi connectivity index (χ4v) is 2.36. The molecule has 0 heterocycles. The Morgan fingerprint density at radius 3 is 1.84 bits per heavy atom. The van der Waals surface area contributed by atoms with E-state index in [4.69, 9.17) is 4.74 Å². The molecule has 19 heavy (non-hydrogen) atoms. The Balaban J connectivity index is 1.92. The molecule has 0 saturated heterocycles. The van der Waals surface area contributed by atoms with Crippen LogP contribution in [0.3, 0.4) is 0 Å². The standard InChI is InChI=1S/C16H18INO/c1-18(11-13-3-7-15(17)8-4-13)12-14-5-9-16(19-2)10-6-14/h3-10H,11-12H2,1-2H3. The van der Waals surface area contributed by atoms with Crippen molar-refractivity contribution >= 4 is 22.6 Å². The van der Waals surface area contributed by atoms with Crippen molar-refractivity contribution in [2.24, 2.45) is 0 Å². The number of methoxy groups -OCH3 is 1. The molecule has 2 aromatic carbocycles. The molecule has 0 saturated carbocycles. The minimum Gasteiger partial charge on any atom is -0.497 e. The van der Waals surface area contributed by atoms with E-state index in [0.29, 0.717) is 0 Å². The van der Waals surface area contributed by atoms with E-state index in [1.807, 2.05) is 12.1 Å². The summed E-state index contributed by atoms with van der Waals surface area (Å²) in [5, 5.41) is 0. The van der Waals surface area contributed by atoms with Gasteiger partial charge in [-0.3, -0.25) is 4.90 Å². The SMILES string of the molecule is COc1ccc(CN(C)Cc2ccc(I)cc2)cc1. The second kappa shape index (κ2) is 6.91. The number of benzene rings is 2. The summed E-state index contributed by atoms with van der Waals surface area (Å²) in [7, 11) is 3.83. The Morgan fingerprint density at radius 1 is 0.895 bits per heavy atom. The zero-order valence-corrected chi connectivity index (χ0v) is 13.4. The number of hydrogen-bond acceptors (Lipinski definition) is 2. The Labute approximate surface area is 128 Å². The monoisotopic (exact) mass is 367 g/mol. The highest BCUT2D eigenvalue weighted by molar-refractivity contribution is 14.1. The van der Waals surface area contributed by atoms with Crippen molar-refractivity contribution in [1.29, 1.82) is 0 Å². The predicted octanol–water partition coefficient (Wildman–Crippen LogP) is 3.93. The summed E-state index contributed by atoms with van der Waals surface area (Å²) >= 11 is 2.33. The summed E-state index contributed by atoms with van der Waals surface area (Å²) in [5.41, 5.74) is 2.64. The van der Waals surface area contributed by atoms with Crippen LogP contribution in [0.5, 0.6) is 5.75 Å². The van der Waals surface area contributed by atoms with E-state index < -0.39 is 0 Å². The van der Waals surface area contributed by atoms with Gasteiger partial charge in [0.15, 0.2) is 0 Å². The van der Waals surface area contributed by atoms with Gasteiger partial charge < -0.3 is 4.74 Å². The lowest BCUT2D eigenvalue weighted by Gasteiger charge is -2.17. The van der Waals surface area contributed by atoms with Gasteiger partial charge in [0.25, 0.3) is 0 Å². The maximum Gasteiger partial charge on any atom is 0.118 e. The molecule has 0 aromatic heterocycles. The van der Waals surface area contributed by atoms with Crippen LogP contribution in [-0.4, -0.2) is 19.1 Å². The quantitative estimate of drug-likeness (QED) is 0.743. The Bertz CT molecular complexity index is 507. The third kappa shape index (κ3) is 4.51. The molecule has 2 aromatic rings. The number of ether oxygens (including phenoxy) is 1. The summed E-state index contributed by atoms with van der Waals surface area (Å²) in [6, 6.07) is 16.9. The summed E-state index contributed by atoms with van der Waals surface area (Å²) in [4.78, 5) is 2.31. The van der Waals surface area contributed by atoms with Crippen LogP contribution in [0, 0.1) is 3.57 Å². The largest absolute Gasteiger partial charge is 0.497 e. The topological polar surface area (TPSA) is 12.5 Å². The van der Waals surface area contributed by atoms with Crippen molar-refractivity contribution in [3.8, 4) is 5.75 Å². The molecule has 0 aliphatic rings. The molecule has 0 bridgehead atoms. The summed E-state index contributed by atoms with van der Waals surface area (Å²) in [6.07, 6.45) is 0. The maximum atomic E-state index is 5.17. The first-order valence-corrected chi connectivity index (χ1v) is 7.31. The van der Waals surface area contributed by atoms with Gasteiger partial charge in [-0.15, -0.1) is 0 Å². The predicted molar refractivity (Wildman–Crippen MR) is 87.3 cm³/mol. The molecule has 2 rings (SSSR count). The second-order valence-corrected chi connectivity index (χ2v) is 5.89. The highest BCUT2D eigenvalue weighted by Gasteiger charge is 2.02. The zero-order valence-electron chi connectivity index (χ0n) is 11.3. The van der Waals surface area contributed by atoms with E-state index in [1.54, 1.807) is 7.11 Å². The van der Waals surface area contributed by atoms with Crippen LogP contribution < -0.4 is 4.74 Å². The molecular weight excluding hydrogens is 349 g/mol. The van der Waals surface area contributed by atoms with Gasteiger partial charge in [-0.25, -0.2) is 0 Å². The molecule has 0 fully saturated rings. The van der Waals surface area contributed by atoms with Crippen molar-refractivity contribution in [1.82, 2.24) is 4.90 Å². The highest BCUT2D eigenvalue weighted by atomic mass is 127. The average molecular weight is 367 g/mol. The van der Waals surface area contributed by atoms with E-state index in [0.717, 1.165) is 18.8 Å². The van der Waals surface area contributed by atoms with Crippen LogP contribution >= 0.6 is 22.6 Å². The van der Waals surface area contributed by atoms with Gasteiger partial charge in [0, 0.05) is 16.7 Å². The van der Waals surface area contributed by atoms with E-state index in [1.165, 1.54) is 14.7 Å². The van der Waals surface area contributed by atoms with Gasteiger partial charge in [-0.05, 0) is 65.0 Å². The number of nitrogens with zero attached hydrogens (tertiary/aromatic N) is 1. The number of hydrogen-bond donors (Lipinski definition) is 0. The third-order valence-electron chi connectivity index (χ3n) is 2.98. The third-order valence-corrected chi connectivity index (χ3v) is 3.70. The molecule has 0 atom stereocenters. The molecule has 2 nitrogen and oxygen atoms in total. The summed E-state index contributed by atoms with van der Waals surface area (Å²) in [6.45, 7) is 1.90. The second-order valence-electron chi connectivity index (χ2n) is 4.65. The number of halogens is 1. The molecule has 0 unspecified atom stereocenters. The molecule has 100 valence electrons. The lowest BCUT2D eigenvalue weighted by atomic mass is 10.2. The minimum atomic E-state index is 0.907. The van der Waals surface area contributed by atoms with Crippen LogP contribution in [0.15, 0.2) is 48.5 Å². The fourth-order valence-electron chi connectivity index (χ4n) is 2.00. The Kier molecular flexibility index (Phi) is 5.22. The molecule has 0 aliphatic heterocycles. The van der Waals surface area contributed by atoms with Crippen molar-refractivity contribution in [3.05, 3.63) is 63.2 Å². The molecular formula is C16H18INO.